The van der Waals surface area contributed by atoms with Crippen LogP contribution in [-0.4, -0.2) is 23.9 Å². The summed E-state index contributed by atoms with van der Waals surface area (Å²) in [6.07, 6.45) is 0. The van der Waals surface area contributed by atoms with Crippen molar-refractivity contribution in [2.24, 2.45) is 5.73 Å². The van der Waals surface area contributed by atoms with Crippen molar-refractivity contribution >= 4 is 0 Å². The minimum atomic E-state index is -0.318. The Balaban J connectivity index is 2.60. The zero-order valence-electron chi connectivity index (χ0n) is 6.57. The van der Waals surface area contributed by atoms with Gasteiger partial charge in [0.25, 0.3) is 0 Å². The number of rotatable bonds is 3. The van der Waals surface area contributed by atoms with Crippen LogP contribution >= 0.6 is 0 Å². The summed E-state index contributed by atoms with van der Waals surface area (Å²) in [5.74, 6) is 1.01. The molecule has 0 aliphatic rings. The van der Waals surface area contributed by atoms with Gasteiger partial charge in [-0.2, -0.15) is 4.98 Å². The highest BCUT2D eigenvalue weighted by Gasteiger charge is 2.11. The first-order valence-corrected chi connectivity index (χ1v) is 3.28. The first kappa shape index (κ1) is 8.16. The maximum absolute atomic E-state index is 5.60. The molecule has 0 fully saturated rings. The van der Waals surface area contributed by atoms with Crippen LogP contribution in [0.2, 0.25) is 0 Å². The van der Waals surface area contributed by atoms with Gasteiger partial charge in [0.2, 0.25) is 5.89 Å². The van der Waals surface area contributed by atoms with Gasteiger partial charge in [0.05, 0.1) is 6.61 Å². The number of hydrogen-bond donors (Lipinski definition) is 1. The average molecular weight is 157 g/mol. The number of methoxy groups -OCH3 is 1. The van der Waals surface area contributed by atoms with E-state index in [0.29, 0.717) is 18.3 Å². The van der Waals surface area contributed by atoms with Crippen LogP contribution in [0, 0.1) is 6.92 Å². The lowest BCUT2D eigenvalue weighted by molar-refractivity contribution is 0.166. The molecule has 0 saturated heterocycles. The third-order valence-corrected chi connectivity index (χ3v) is 1.21. The normalized spacial score (nSPS) is 13.4. The molecule has 0 bridgehead atoms. The first-order valence-electron chi connectivity index (χ1n) is 3.28. The summed E-state index contributed by atoms with van der Waals surface area (Å²) in [7, 11) is 1.57. The van der Waals surface area contributed by atoms with E-state index in [1.807, 2.05) is 0 Å². The number of hydrogen-bond acceptors (Lipinski definition) is 5. The fourth-order valence-corrected chi connectivity index (χ4v) is 0.715. The first-order chi connectivity index (χ1) is 5.24. The van der Waals surface area contributed by atoms with Crippen LogP contribution in [0.25, 0.3) is 0 Å². The molecule has 0 saturated carbocycles. The van der Waals surface area contributed by atoms with Gasteiger partial charge in [-0.3, -0.25) is 0 Å². The van der Waals surface area contributed by atoms with E-state index in [1.165, 1.54) is 0 Å². The van der Waals surface area contributed by atoms with Gasteiger partial charge in [-0.1, -0.05) is 5.16 Å². The molecule has 0 amide bonds. The van der Waals surface area contributed by atoms with Gasteiger partial charge in [0.1, 0.15) is 6.04 Å². The lowest BCUT2D eigenvalue weighted by Crippen LogP contribution is -2.16. The fraction of sp³-hybridized carbons (Fsp3) is 0.667. The molecule has 0 aliphatic carbocycles. The molecular weight excluding hydrogens is 146 g/mol. The lowest BCUT2D eigenvalue weighted by Gasteiger charge is -2.02. The van der Waals surface area contributed by atoms with E-state index in [0.717, 1.165) is 0 Å². The molecule has 1 aromatic heterocycles. The Hall–Kier alpha value is -0.940. The SMILES string of the molecule is COCC(N)c1nc(C)no1. The summed E-state index contributed by atoms with van der Waals surface area (Å²) in [5.41, 5.74) is 5.60. The van der Waals surface area contributed by atoms with Crippen LogP contribution in [0.1, 0.15) is 17.8 Å². The van der Waals surface area contributed by atoms with E-state index in [-0.39, 0.29) is 6.04 Å². The molecule has 1 aromatic rings. The number of nitrogens with two attached hydrogens (primary N) is 1. The number of ether oxygens (including phenoxy) is 1. The molecule has 62 valence electrons. The number of nitrogens with zero attached hydrogens (tertiary/aromatic N) is 2. The summed E-state index contributed by atoms with van der Waals surface area (Å²) in [5, 5.41) is 3.60. The molecule has 1 heterocycles. The average Bonchev–Trinajstić information content (AvgIpc) is 2.36. The van der Waals surface area contributed by atoms with E-state index in [2.05, 4.69) is 10.1 Å². The van der Waals surface area contributed by atoms with E-state index >= 15 is 0 Å². The molecule has 0 radical (unpaired) electrons. The molecule has 0 aliphatic heterocycles. The van der Waals surface area contributed by atoms with Crippen LogP contribution in [0.15, 0.2) is 4.52 Å². The maximum Gasteiger partial charge on any atom is 0.245 e. The van der Waals surface area contributed by atoms with Gasteiger partial charge >= 0.3 is 0 Å². The molecule has 5 heteroatoms. The van der Waals surface area contributed by atoms with Crippen molar-refractivity contribution in [2.75, 3.05) is 13.7 Å². The predicted molar refractivity (Wildman–Crippen MR) is 37.8 cm³/mol. The van der Waals surface area contributed by atoms with Gasteiger partial charge in [0, 0.05) is 7.11 Å². The Morgan fingerprint density at radius 3 is 2.91 bits per heavy atom. The molecule has 2 N–H and O–H groups in total. The topological polar surface area (TPSA) is 74.2 Å². The van der Waals surface area contributed by atoms with E-state index in [9.17, 15) is 0 Å². The summed E-state index contributed by atoms with van der Waals surface area (Å²) in [4.78, 5) is 3.95. The monoisotopic (exact) mass is 157 g/mol. The third-order valence-electron chi connectivity index (χ3n) is 1.21. The minimum Gasteiger partial charge on any atom is -0.383 e. The van der Waals surface area contributed by atoms with Crippen molar-refractivity contribution in [3.63, 3.8) is 0 Å². The Bertz CT molecular complexity index is 223. The molecule has 1 rings (SSSR count). The molecule has 1 unspecified atom stereocenters. The van der Waals surface area contributed by atoms with Crippen molar-refractivity contribution in [3.8, 4) is 0 Å². The van der Waals surface area contributed by atoms with Crippen molar-refractivity contribution in [1.29, 1.82) is 0 Å². The molecule has 5 nitrogen and oxygen atoms in total. The number of aromatic nitrogens is 2. The Labute approximate surface area is 64.5 Å². The summed E-state index contributed by atoms with van der Waals surface area (Å²) in [6, 6.07) is -0.318. The van der Waals surface area contributed by atoms with Gasteiger partial charge in [-0.05, 0) is 6.92 Å². The van der Waals surface area contributed by atoms with Crippen molar-refractivity contribution in [1.82, 2.24) is 10.1 Å². The van der Waals surface area contributed by atoms with E-state index < -0.39 is 0 Å². The van der Waals surface area contributed by atoms with Gasteiger partial charge in [-0.25, -0.2) is 0 Å². The van der Waals surface area contributed by atoms with Crippen molar-refractivity contribution < 1.29 is 9.26 Å². The van der Waals surface area contributed by atoms with Crippen LogP contribution < -0.4 is 5.73 Å². The van der Waals surface area contributed by atoms with Crippen LogP contribution in [-0.2, 0) is 4.74 Å². The fourth-order valence-electron chi connectivity index (χ4n) is 0.715. The standard InChI is InChI=1S/C6H11N3O2/c1-4-8-6(11-9-4)5(7)3-10-2/h5H,3,7H2,1-2H3. The second-order valence-corrected chi connectivity index (χ2v) is 2.24. The quantitative estimate of drug-likeness (QED) is 0.669. The van der Waals surface area contributed by atoms with Crippen molar-refractivity contribution in [3.05, 3.63) is 11.7 Å². The number of aryl methyl sites for hydroxylation is 1. The Kier molecular flexibility index (Phi) is 2.56. The van der Waals surface area contributed by atoms with Crippen LogP contribution in [0.4, 0.5) is 0 Å². The Morgan fingerprint density at radius 2 is 2.45 bits per heavy atom. The summed E-state index contributed by atoms with van der Waals surface area (Å²) < 4.78 is 9.63. The highest BCUT2D eigenvalue weighted by atomic mass is 16.5. The van der Waals surface area contributed by atoms with Crippen LogP contribution in [0.3, 0.4) is 0 Å². The molecular formula is C6H11N3O2. The second-order valence-electron chi connectivity index (χ2n) is 2.24. The lowest BCUT2D eigenvalue weighted by atomic mass is 10.3. The maximum atomic E-state index is 5.60. The van der Waals surface area contributed by atoms with E-state index in [1.54, 1.807) is 14.0 Å². The largest absolute Gasteiger partial charge is 0.383 e. The predicted octanol–water partition coefficient (Wildman–Crippen LogP) is 0.0242. The highest BCUT2D eigenvalue weighted by Crippen LogP contribution is 2.06. The van der Waals surface area contributed by atoms with Gasteiger partial charge < -0.3 is 15.0 Å². The second kappa shape index (κ2) is 3.45. The smallest absolute Gasteiger partial charge is 0.245 e. The van der Waals surface area contributed by atoms with Crippen molar-refractivity contribution in [2.45, 2.75) is 13.0 Å². The summed E-state index contributed by atoms with van der Waals surface area (Å²) >= 11 is 0. The Morgan fingerprint density at radius 1 is 1.73 bits per heavy atom. The zero-order chi connectivity index (χ0) is 8.27. The molecule has 11 heavy (non-hydrogen) atoms. The molecule has 1 atom stereocenters. The third kappa shape index (κ3) is 1.99. The van der Waals surface area contributed by atoms with E-state index in [4.69, 9.17) is 15.0 Å². The van der Waals surface area contributed by atoms with Gasteiger partial charge in [0.15, 0.2) is 5.82 Å². The summed E-state index contributed by atoms with van der Waals surface area (Å²) in [6.45, 7) is 2.13. The zero-order valence-corrected chi connectivity index (χ0v) is 6.57. The molecule has 0 spiro atoms. The van der Waals surface area contributed by atoms with Gasteiger partial charge in [-0.15, -0.1) is 0 Å². The van der Waals surface area contributed by atoms with Crippen LogP contribution in [0.5, 0.6) is 0 Å². The minimum absolute atomic E-state index is 0.318. The highest BCUT2D eigenvalue weighted by molar-refractivity contribution is 4.89. The molecule has 0 aromatic carbocycles.